The standard InChI is InChI=1S/C16H14BrClO/c17-16(11-5-7-12(18)8-6-11)14-9-10-19-15-4-2-1-3-13(14)15/h1-8,14,16H,9-10H2. The summed E-state index contributed by atoms with van der Waals surface area (Å²) in [5.74, 6) is 1.45. The summed E-state index contributed by atoms with van der Waals surface area (Å²) in [6, 6.07) is 16.3. The van der Waals surface area contributed by atoms with E-state index in [1.807, 2.05) is 24.3 Å². The Labute approximate surface area is 126 Å². The largest absolute Gasteiger partial charge is 0.493 e. The molecule has 2 unspecified atom stereocenters. The van der Waals surface area contributed by atoms with Crippen LogP contribution in [0.5, 0.6) is 5.75 Å². The lowest BCUT2D eigenvalue weighted by Crippen LogP contribution is -2.17. The lowest BCUT2D eigenvalue weighted by Gasteiger charge is -2.29. The number of benzene rings is 2. The van der Waals surface area contributed by atoms with Crippen molar-refractivity contribution in [2.75, 3.05) is 6.61 Å². The Hall–Kier alpha value is -0.990. The summed E-state index contributed by atoms with van der Waals surface area (Å²) in [5, 5.41) is 0.774. The number of para-hydroxylation sites is 1. The van der Waals surface area contributed by atoms with E-state index in [1.165, 1.54) is 11.1 Å². The van der Waals surface area contributed by atoms with Crippen LogP contribution in [0.3, 0.4) is 0 Å². The van der Waals surface area contributed by atoms with Gasteiger partial charge >= 0.3 is 0 Å². The molecule has 3 heteroatoms. The van der Waals surface area contributed by atoms with Crippen molar-refractivity contribution in [3.8, 4) is 5.75 Å². The normalized spacial score (nSPS) is 19.4. The Kier molecular flexibility index (Phi) is 3.81. The van der Waals surface area contributed by atoms with Crippen molar-refractivity contribution in [3.63, 3.8) is 0 Å². The van der Waals surface area contributed by atoms with Gasteiger partial charge in [-0.25, -0.2) is 0 Å². The van der Waals surface area contributed by atoms with E-state index < -0.39 is 0 Å². The Morgan fingerprint density at radius 2 is 1.84 bits per heavy atom. The molecular formula is C16H14BrClO. The fourth-order valence-electron chi connectivity index (χ4n) is 2.55. The maximum absolute atomic E-state index is 5.95. The van der Waals surface area contributed by atoms with Crippen molar-refractivity contribution in [2.24, 2.45) is 0 Å². The molecule has 1 aliphatic heterocycles. The minimum absolute atomic E-state index is 0.287. The molecule has 0 spiro atoms. The highest BCUT2D eigenvalue weighted by Gasteiger charge is 2.28. The van der Waals surface area contributed by atoms with E-state index in [0.717, 1.165) is 23.8 Å². The Morgan fingerprint density at radius 1 is 1.11 bits per heavy atom. The summed E-state index contributed by atoms with van der Waals surface area (Å²) in [6.07, 6.45) is 1.02. The van der Waals surface area contributed by atoms with E-state index in [2.05, 4.69) is 40.2 Å². The Balaban J connectivity index is 1.92. The second kappa shape index (κ2) is 5.56. The van der Waals surface area contributed by atoms with E-state index in [9.17, 15) is 0 Å². The van der Waals surface area contributed by atoms with Crippen molar-refractivity contribution in [3.05, 3.63) is 64.7 Å². The molecule has 0 aliphatic carbocycles. The minimum atomic E-state index is 0.287. The Bertz CT molecular complexity index is 567. The molecule has 3 rings (SSSR count). The number of hydrogen-bond donors (Lipinski definition) is 0. The third-order valence-electron chi connectivity index (χ3n) is 3.55. The lowest BCUT2D eigenvalue weighted by atomic mass is 9.87. The van der Waals surface area contributed by atoms with Crippen LogP contribution in [0.2, 0.25) is 5.02 Å². The summed E-state index contributed by atoms with van der Waals surface area (Å²) >= 11 is 9.79. The van der Waals surface area contributed by atoms with Crippen LogP contribution in [0, 0.1) is 0 Å². The molecule has 2 aromatic rings. The summed E-state index contributed by atoms with van der Waals surface area (Å²) < 4.78 is 5.72. The first kappa shape index (κ1) is 13.0. The lowest BCUT2D eigenvalue weighted by molar-refractivity contribution is 0.266. The molecule has 1 aliphatic rings. The van der Waals surface area contributed by atoms with E-state index in [-0.39, 0.29) is 4.83 Å². The molecule has 0 bridgehead atoms. The van der Waals surface area contributed by atoms with Crippen LogP contribution >= 0.6 is 27.5 Å². The minimum Gasteiger partial charge on any atom is -0.493 e. The summed E-state index contributed by atoms with van der Waals surface area (Å²) in [5.41, 5.74) is 2.54. The molecule has 0 saturated heterocycles. The second-order valence-corrected chi connectivity index (χ2v) is 6.16. The molecule has 1 nitrogen and oxygen atoms in total. The van der Waals surface area contributed by atoms with Crippen LogP contribution in [0.4, 0.5) is 0 Å². The first-order valence-electron chi connectivity index (χ1n) is 6.37. The second-order valence-electron chi connectivity index (χ2n) is 4.73. The highest BCUT2D eigenvalue weighted by atomic mass is 79.9. The number of alkyl halides is 1. The average Bonchev–Trinajstić information content (AvgIpc) is 2.47. The first-order chi connectivity index (χ1) is 9.25. The van der Waals surface area contributed by atoms with Crippen LogP contribution in [-0.2, 0) is 0 Å². The zero-order chi connectivity index (χ0) is 13.2. The van der Waals surface area contributed by atoms with E-state index >= 15 is 0 Å². The van der Waals surface area contributed by atoms with Gasteiger partial charge in [-0.15, -0.1) is 0 Å². The monoisotopic (exact) mass is 336 g/mol. The zero-order valence-corrected chi connectivity index (χ0v) is 12.7. The molecule has 2 atom stereocenters. The number of rotatable bonds is 2. The van der Waals surface area contributed by atoms with Crippen molar-refractivity contribution in [1.29, 1.82) is 0 Å². The van der Waals surface area contributed by atoms with Gasteiger partial charge in [0.15, 0.2) is 0 Å². The molecule has 0 N–H and O–H groups in total. The molecule has 98 valence electrons. The van der Waals surface area contributed by atoms with Crippen molar-refractivity contribution in [2.45, 2.75) is 17.2 Å². The van der Waals surface area contributed by atoms with Gasteiger partial charge in [0.2, 0.25) is 0 Å². The van der Waals surface area contributed by atoms with Gasteiger partial charge in [-0.2, -0.15) is 0 Å². The van der Waals surface area contributed by atoms with E-state index in [0.29, 0.717) is 5.92 Å². The molecular weight excluding hydrogens is 324 g/mol. The topological polar surface area (TPSA) is 9.23 Å². The van der Waals surface area contributed by atoms with Crippen molar-refractivity contribution < 1.29 is 4.74 Å². The van der Waals surface area contributed by atoms with Crippen molar-refractivity contribution in [1.82, 2.24) is 0 Å². The maximum Gasteiger partial charge on any atom is 0.122 e. The van der Waals surface area contributed by atoms with Crippen LogP contribution < -0.4 is 4.74 Å². The quantitative estimate of drug-likeness (QED) is 0.672. The van der Waals surface area contributed by atoms with E-state index in [4.69, 9.17) is 16.3 Å². The number of halogens is 2. The number of hydrogen-bond acceptors (Lipinski definition) is 1. The molecule has 0 saturated carbocycles. The molecule has 0 aromatic heterocycles. The highest BCUT2D eigenvalue weighted by molar-refractivity contribution is 9.09. The van der Waals surface area contributed by atoms with Crippen LogP contribution in [0.15, 0.2) is 48.5 Å². The fraction of sp³-hybridized carbons (Fsp3) is 0.250. The molecule has 0 amide bonds. The Morgan fingerprint density at radius 3 is 2.63 bits per heavy atom. The molecule has 2 aromatic carbocycles. The van der Waals surface area contributed by atoms with Gasteiger partial charge in [0.05, 0.1) is 6.61 Å². The SMILES string of the molecule is Clc1ccc(C(Br)C2CCOc3ccccc32)cc1. The van der Waals surface area contributed by atoms with Gasteiger partial charge in [0.25, 0.3) is 0 Å². The maximum atomic E-state index is 5.95. The third kappa shape index (κ3) is 2.65. The highest BCUT2D eigenvalue weighted by Crippen LogP contribution is 2.45. The molecule has 1 heterocycles. The number of fused-ring (bicyclic) bond motifs is 1. The molecule has 19 heavy (non-hydrogen) atoms. The predicted molar refractivity (Wildman–Crippen MR) is 82.4 cm³/mol. The van der Waals surface area contributed by atoms with Gasteiger partial charge < -0.3 is 4.74 Å². The first-order valence-corrected chi connectivity index (χ1v) is 7.66. The summed E-state index contributed by atoms with van der Waals surface area (Å²) in [7, 11) is 0. The van der Waals surface area contributed by atoms with Crippen LogP contribution in [0.25, 0.3) is 0 Å². The van der Waals surface area contributed by atoms with Gasteiger partial charge in [-0.1, -0.05) is 57.9 Å². The average molecular weight is 338 g/mol. The zero-order valence-electron chi connectivity index (χ0n) is 10.4. The predicted octanol–water partition coefficient (Wildman–Crippen LogP) is 5.34. The number of ether oxygens (including phenoxy) is 1. The van der Waals surface area contributed by atoms with Gasteiger partial charge in [0.1, 0.15) is 5.75 Å². The fourth-order valence-corrected chi connectivity index (χ4v) is 3.53. The molecule has 0 radical (unpaired) electrons. The summed E-state index contributed by atoms with van der Waals surface area (Å²) in [4.78, 5) is 0.287. The van der Waals surface area contributed by atoms with E-state index in [1.54, 1.807) is 0 Å². The molecule has 0 fully saturated rings. The third-order valence-corrected chi connectivity index (χ3v) is 4.97. The van der Waals surface area contributed by atoms with Crippen molar-refractivity contribution >= 4 is 27.5 Å². The van der Waals surface area contributed by atoms with Crippen LogP contribution in [-0.4, -0.2) is 6.61 Å². The van der Waals surface area contributed by atoms with Gasteiger partial charge in [-0.3, -0.25) is 0 Å². The van der Waals surface area contributed by atoms with Gasteiger partial charge in [-0.05, 0) is 35.7 Å². The van der Waals surface area contributed by atoms with Gasteiger partial charge in [0, 0.05) is 15.8 Å². The smallest absolute Gasteiger partial charge is 0.122 e. The summed E-state index contributed by atoms with van der Waals surface area (Å²) in [6.45, 7) is 0.775. The van der Waals surface area contributed by atoms with Crippen LogP contribution in [0.1, 0.15) is 28.3 Å².